The number of fused-ring (bicyclic) bond motifs is 1. The van der Waals surface area contributed by atoms with Gasteiger partial charge in [0, 0.05) is 17.9 Å². The predicted octanol–water partition coefficient (Wildman–Crippen LogP) is 4.17. The highest BCUT2D eigenvalue weighted by Crippen LogP contribution is 2.33. The zero-order valence-corrected chi connectivity index (χ0v) is 17.3. The third-order valence-electron chi connectivity index (χ3n) is 3.75. The van der Waals surface area contributed by atoms with Gasteiger partial charge in [0.05, 0.1) is 4.90 Å². The molecule has 3 aromatic rings. The van der Waals surface area contributed by atoms with Gasteiger partial charge in [-0.05, 0) is 51.1 Å². The van der Waals surface area contributed by atoms with Gasteiger partial charge in [0.15, 0.2) is 15.0 Å². The maximum absolute atomic E-state index is 11.6. The van der Waals surface area contributed by atoms with Crippen molar-refractivity contribution in [2.24, 2.45) is 0 Å². The van der Waals surface area contributed by atoms with Gasteiger partial charge in [-0.25, -0.2) is 28.1 Å². The lowest BCUT2D eigenvalue weighted by Gasteiger charge is -2.30. The second-order valence-corrected chi connectivity index (χ2v) is 10.1. The monoisotopic (exact) mass is 421 g/mol. The number of benzene rings is 1. The number of aromatic nitrogens is 2. The molecule has 3 rings (SSSR count). The third-order valence-corrected chi connectivity index (χ3v) is 5.83. The lowest BCUT2D eigenvalue weighted by molar-refractivity contribution is 0.195. The van der Waals surface area contributed by atoms with Gasteiger partial charge in [-0.3, -0.25) is 0 Å². The lowest BCUT2D eigenvalue weighted by Crippen LogP contribution is -2.45. The summed E-state index contributed by atoms with van der Waals surface area (Å²) in [6.45, 7) is 5.36. The Morgan fingerprint density at radius 3 is 2.29 bits per heavy atom. The number of sulfone groups is 1. The molecule has 1 N–H and O–H groups in total. The highest BCUT2D eigenvalue weighted by atomic mass is 32.2. The molecule has 0 aliphatic heterocycles. The molecule has 0 spiro atoms. The normalized spacial score (nSPS) is 12.1. The number of pyridine rings is 1. The molecular formula is C18H19N3O5S2. The summed E-state index contributed by atoms with van der Waals surface area (Å²) in [5, 5.41) is 9.85. The number of nitrogens with zero attached hydrogens (tertiary/aromatic N) is 3. The van der Waals surface area contributed by atoms with E-state index in [9.17, 15) is 18.3 Å². The summed E-state index contributed by atoms with van der Waals surface area (Å²) in [6, 6.07) is 9.34. The molecule has 0 saturated carbocycles. The van der Waals surface area contributed by atoms with Crippen molar-refractivity contribution in [2.45, 2.75) is 31.2 Å². The summed E-state index contributed by atoms with van der Waals surface area (Å²) in [5.41, 5.74) is -0.0873. The fourth-order valence-corrected chi connectivity index (χ4v) is 4.22. The standard InChI is InChI=1S/C18H19N3O5S2/c1-18(2,3)21(17(22)23)16-19-13-9-10-14(20-15(13)27-16)26-11-5-7-12(8-6-11)28(4,24)25/h5-10H,1-4H3,(H,22,23). The van der Waals surface area contributed by atoms with Crippen molar-refractivity contribution < 1.29 is 23.1 Å². The Morgan fingerprint density at radius 1 is 1.11 bits per heavy atom. The first-order valence-electron chi connectivity index (χ1n) is 8.24. The molecule has 0 bridgehead atoms. The van der Waals surface area contributed by atoms with E-state index in [-0.39, 0.29) is 4.90 Å². The van der Waals surface area contributed by atoms with E-state index in [1.807, 2.05) is 0 Å². The van der Waals surface area contributed by atoms with Crippen LogP contribution < -0.4 is 9.64 Å². The minimum absolute atomic E-state index is 0.200. The van der Waals surface area contributed by atoms with Crippen LogP contribution in [-0.4, -0.2) is 41.4 Å². The number of hydrogen-bond donors (Lipinski definition) is 1. The summed E-state index contributed by atoms with van der Waals surface area (Å²) < 4.78 is 28.7. The first kappa shape index (κ1) is 20.0. The Morgan fingerprint density at radius 2 is 1.75 bits per heavy atom. The summed E-state index contributed by atoms with van der Waals surface area (Å²) in [6.07, 6.45) is 0.0477. The number of carboxylic acid groups (broad SMARTS) is 1. The Labute approximate surface area is 166 Å². The van der Waals surface area contributed by atoms with Gasteiger partial charge in [0.1, 0.15) is 16.1 Å². The van der Waals surface area contributed by atoms with Gasteiger partial charge < -0.3 is 9.84 Å². The quantitative estimate of drug-likeness (QED) is 0.673. The van der Waals surface area contributed by atoms with Crippen LogP contribution in [0.3, 0.4) is 0 Å². The molecule has 0 saturated heterocycles. The Balaban J connectivity index is 1.89. The first-order chi connectivity index (χ1) is 12.9. The maximum atomic E-state index is 11.6. The molecule has 28 heavy (non-hydrogen) atoms. The Bertz CT molecular complexity index is 1130. The maximum Gasteiger partial charge on any atom is 0.414 e. The van der Waals surface area contributed by atoms with Crippen LogP contribution >= 0.6 is 11.3 Å². The number of thiazole rings is 1. The van der Waals surface area contributed by atoms with E-state index in [1.165, 1.54) is 17.0 Å². The molecule has 0 fully saturated rings. The van der Waals surface area contributed by atoms with Crippen molar-refractivity contribution in [1.29, 1.82) is 0 Å². The largest absolute Gasteiger partial charge is 0.465 e. The Kier molecular flexibility index (Phi) is 5.02. The number of carbonyl (C=O) groups is 1. The van der Waals surface area contributed by atoms with Crippen LogP contribution in [0.5, 0.6) is 11.6 Å². The van der Waals surface area contributed by atoms with Crippen LogP contribution in [0.25, 0.3) is 10.3 Å². The summed E-state index contributed by atoms with van der Waals surface area (Å²) in [5.74, 6) is 0.735. The van der Waals surface area contributed by atoms with E-state index in [4.69, 9.17) is 4.74 Å². The van der Waals surface area contributed by atoms with E-state index in [0.717, 1.165) is 17.6 Å². The molecule has 10 heteroatoms. The van der Waals surface area contributed by atoms with E-state index < -0.39 is 21.5 Å². The topological polar surface area (TPSA) is 110 Å². The fourth-order valence-electron chi connectivity index (χ4n) is 2.47. The molecule has 1 aromatic carbocycles. The van der Waals surface area contributed by atoms with Crippen molar-refractivity contribution >= 4 is 42.7 Å². The van der Waals surface area contributed by atoms with Crippen LogP contribution in [0.15, 0.2) is 41.3 Å². The van der Waals surface area contributed by atoms with Gasteiger partial charge >= 0.3 is 6.09 Å². The zero-order chi connectivity index (χ0) is 20.7. The SMILES string of the molecule is CC(C)(C)N(C(=O)O)c1nc2ccc(Oc3ccc(S(C)(=O)=O)cc3)nc2s1. The van der Waals surface area contributed by atoms with Gasteiger partial charge in [-0.1, -0.05) is 11.3 Å². The average molecular weight is 422 g/mol. The van der Waals surface area contributed by atoms with E-state index in [2.05, 4.69) is 9.97 Å². The minimum Gasteiger partial charge on any atom is -0.465 e. The van der Waals surface area contributed by atoms with Crippen LogP contribution in [-0.2, 0) is 9.84 Å². The molecule has 0 aliphatic rings. The summed E-state index contributed by atoms with van der Waals surface area (Å²) in [7, 11) is -3.28. The molecule has 0 unspecified atom stereocenters. The van der Waals surface area contributed by atoms with Gasteiger partial charge in [0.25, 0.3) is 0 Å². The molecule has 0 radical (unpaired) electrons. The number of amides is 1. The van der Waals surface area contributed by atoms with Crippen molar-refractivity contribution in [2.75, 3.05) is 11.2 Å². The summed E-state index contributed by atoms with van der Waals surface area (Å²) >= 11 is 1.15. The molecule has 0 atom stereocenters. The molecule has 2 heterocycles. The van der Waals surface area contributed by atoms with Crippen molar-refractivity contribution in [3.8, 4) is 11.6 Å². The first-order valence-corrected chi connectivity index (χ1v) is 10.9. The smallest absolute Gasteiger partial charge is 0.414 e. The molecular weight excluding hydrogens is 402 g/mol. The lowest BCUT2D eigenvalue weighted by atomic mass is 10.1. The molecule has 1 amide bonds. The number of ether oxygens (including phenoxy) is 1. The van der Waals surface area contributed by atoms with E-state index >= 15 is 0 Å². The zero-order valence-electron chi connectivity index (χ0n) is 15.7. The summed E-state index contributed by atoms with van der Waals surface area (Å²) in [4.78, 5) is 22.3. The Hall–Kier alpha value is -2.72. The van der Waals surface area contributed by atoms with Crippen LogP contribution in [0.4, 0.5) is 9.93 Å². The van der Waals surface area contributed by atoms with Crippen molar-refractivity contribution in [1.82, 2.24) is 9.97 Å². The average Bonchev–Trinajstić information content (AvgIpc) is 2.94. The third kappa shape index (κ3) is 4.23. The highest BCUT2D eigenvalue weighted by molar-refractivity contribution is 7.90. The van der Waals surface area contributed by atoms with Crippen LogP contribution in [0, 0.1) is 0 Å². The minimum atomic E-state index is -3.28. The number of anilines is 1. The molecule has 0 aliphatic carbocycles. The highest BCUT2D eigenvalue weighted by Gasteiger charge is 2.30. The van der Waals surface area contributed by atoms with Gasteiger partial charge in [-0.2, -0.15) is 0 Å². The van der Waals surface area contributed by atoms with Gasteiger partial charge in [-0.15, -0.1) is 0 Å². The van der Waals surface area contributed by atoms with Gasteiger partial charge in [0.2, 0.25) is 5.88 Å². The molecule has 8 nitrogen and oxygen atoms in total. The fraction of sp³-hybridized carbons (Fsp3) is 0.278. The van der Waals surface area contributed by atoms with Crippen molar-refractivity contribution in [3.63, 3.8) is 0 Å². The van der Waals surface area contributed by atoms with E-state index in [1.54, 1.807) is 45.0 Å². The van der Waals surface area contributed by atoms with E-state index in [0.29, 0.717) is 27.1 Å². The van der Waals surface area contributed by atoms with Crippen molar-refractivity contribution in [3.05, 3.63) is 36.4 Å². The van der Waals surface area contributed by atoms with Crippen LogP contribution in [0.2, 0.25) is 0 Å². The second-order valence-electron chi connectivity index (χ2n) is 7.10. The number of rotatable bonds is 4. The number of hydrogen-bond acceptors (Lipinski definition) is 7. The molecule has 148 valence electrons. The predicted molar refractivity (Wildman–Crippen MR) is 107 cm³/mol. The second kappa shape index (κ2) is 7.02. The van der Waals surface area contributed by atoms with Crippen LogP contribution in [0.1, 0.15) is 20.8 Å². The molecule has 2 aromatic heterocycles.